The highest BCUT2D eigenvalue weighted by atomic mass is 16.5. The SMILES string of the molecule is CC(=O)c1ccc(NC(=O)[C@H](C)OC(=O)c2ccc(C)cc2O)cc1. The Bertz CT molecular complexity index is 811. The first-order valence-corrected chi connectivity index (χ1v) is 7.70. The molecule has 0 bridgehead atoms. The lowest BCUT2D eigenvalue weighted by molar-refractivity contribution is -0.123. The number of anilines is 1. The molecule has 2 aromatic rings. The van der Waals surface area contributed by atoms with Crippen LogP contribution in [0.2, 0.25) is 0 Å². The lowest BCUT2D eigenvalue weighted by atomic mass is 10.1. The first kappa shape index (κ1) is 18.2. The highest BCUT2D eigenvalue weighted by Crippen LogP contribution is 2.20. The zero-order valence-corrected chi connectivity index (χ0v) is 14.2. The van der Waals surface area contributed by atoms with Crippen molar-refractivity contribution in [3.05, 3.63) is 59.2 Å². The third-order valence-electron chi connectivity index (χ3n) is 3.59. The Hall–Kier alpha value is -3.15. The molecule has 130 valence electrons. The summed E-state index contributed by atoms with van der Waals surface area (Å²) >= 11 is 0. The van der Waals surface area contributed by atoms with Crippen LogP contribution in [0.4, 0.5) is 5.69 Å². The summed E-state index contributed by atoms with van der Waals surface area (Å²) in [5.41, 5.74) is 1.81. The van der Waals surface area contributed by atoms with Gasteiger partial charge in [0, 0.05) is 11.3 Å². The molecule has 1 atom stereocenters. The molecule has 1 amide bonds. The van der Waals surface area contributed by atoms with Crippen LogP contribution in [0.1, 0.15) is 40.1 Å². The molecule has 0 saturated carbocycles. The van der Waals surface area contributed by atoms with E-state index in [-0.39, 0.29) is 17.1 Å². The third-order valence-corrected chi connectivity index (χ3v) is 3.59. The van der Waals surface area contributed by atoms with Crippen LogP contribution in [-0.2, 0) is 9.53 Å². The fourth-order valence-corrected chi connectivity index (χ4v) is 2.12. The van der Waals surface area contributed by atoms with Crippen LogP contribution >= 0.6 is 0 Å². The van der Waals surface area contributed by atoms with Gasteiger partial charge in [0.1, 0.15) is 11.3 Å². The highest BCUT2D eigenvalue weighted by Gasteiger charge is 2.21. The van der Waals surface area contributed by atoms with Crippen LogP contribution in [0.5, 0.6) is 5.75 Å². The van der Waals surface area contributed by atoms with Crippen LogP contribution in [0.25, 0.3) is 0 Å². The molecule has 0 unspecified atom stereocenters. The summed E-state index contributed by atoms with van der Waals surface area (Å²) in [4.78, 5) is 35.4. The van der Waals surface area contributed by atoms with Gasteiger partial charge in [0.15, 0.2) is 11.9 Å². The number of phenols is 1. The molecular weight excluding hydrogens is 322 g/mol. The summed E-state index contributed by atoms with van der Waals surface area (Å²) < 4.78 is 5.09. The van der Waals surface area contributed by atoms with Gasteiger partial charge in [0.25, 0.3) is 5.91 Å². The molecule has 2 N–H and O–H groups in total. The number of ether oxygens (including phenoxy) is 1. The van der Waals surface area contributed by atoms with E-state index in [9.17, 15) is 19.5 Å². The highest BCUT2D eigenvalue weighted by molar-refractivity contribution is 5.99. The van der Waals surface area contributed by atoms with E-state index in [4.69, 9.17) is 4.74 Å². The maximum atomic E-state index is 12.1. The molecule has 0 spiro atoms. The zero-order chi connectivity index (χ0) is 18.6. The Morgan fingerprint density at radius 2 is 1.72 bits per heavy atom. The van der Waals surface area contributed by atoms with E-state index in [0.29, 0.717) is 11.3 Å². The molecule has 0 aliphatic rings. The first-order valence-electron chi connectivity index (χ1n) is 7.70. The smallest absolute Gasteiger partial charge is 0.342 e. The van der Waals surface area contributed by atoms with Gasteiger partial charge in [0.05, 0.1) is 0 Å². The van der Waals surface area contributed by atoms with E-state index in [1.807, 2.05) is 0 Å². The monoisotopic (exact) mass is 341 g/mol. The number of benzene rings is 2. The molecular formula is C19H19NO5. The number of Topliss-reactive ketones (excluding diaryl/α,β-unsaturated/α-hetero) is 1. The fourth-order valence-electron chi connectivity index (χ4n) is 2.12. The van der Waals surface area contributed by atoms with E-state index >= 15 is 0 Å². The zero-order valence-electron chi connectivity index (χ0n) is 14.2. The average molecular weight is 341 g/mol. The van der Waals surface area contributed by atoms with Crippen molar-refractivity contribution in [1.29, 1.82) is 0 Å². The molecule has 0 aromatic heterocycles. The predicted molar refractivity (Wildman–Crippen MR) is 92.8 cm³/mol. The number of rotatable bonds is 5. The van der Waals surface area contributed by atoms with Gasteiger partial charge in [0.2, 0.25) is 0 Å². The lowest BCUT2D eigenvalue weighted by Gasteiger charge is -2.14. The number of aryl methyl sites for hydroxylation is 1. The van der Waals surface area contributed by atoms with Gasteiger partial charge >= 0.3 is 5.97 Å². The van der Waals surface area contributed by atoms with Crippen molar-refractivity contribution in [1.82, 2.24) is 0 Å². The van der Waals surface area contributed by atoms with Crippen molar-refractivity contribution in [3.8, 4) is 5.75 Å². The Morgan fingerprint density at radius 3 is 2.28 bits per heavy atom. The van der Waals surface area contributed by atoms with E-state index < -0.39 is 18.0 Å². The second-order valence-electron chi connectivity index (χ2n) is 5.69. The lowest BCUT2D eigenvalue weighted by Crippen LogP contribution is -2.30. The summed E-state index contributed by atoms with van der Waals surface area (Å²) in [6, 6.07) is 10.9. The first-order chi connectivity index (χ1) is 11.8. The topological polar surface area (TPSA) is 92.7 Å². The van der Waals surface area contributed by atoms with Gasteiger partial charge in [-0.25, -0.2) is 4.79 Å². The van der Waals surface area contributed by atoms with Crippen LogP contribution in [0.3, 0.4) is 0 Å². The normalized spacial score (nSPS) is 11.5. The van der Waals surface area contributed by atoms with E-state index in [2.05, 4.69) is 5.32 Å². The molecule has 0 fully saturated rings. The molecule has 0 saturated heterocycles. The number of carbonyl (C=O) groups is 3. The number of amides is 1. The molecule has 6 heteroatoms. The predicted octanol–water partition coefficient (Wildman–Crippen LogP) is 3.09. The van der Waals surface area contributed by atoms with Crippen LogP contribution < -0.4 is 5.32 Å². The molecule has 0 heterocycles. The summed E-state index contributed by atoms with van der Waals surface area (Å²) in [5, 5.41) is 12.4. The molecule has 0 radical (unpaired) electrons. The van der Waals surface area contributed by atoms with E-state index in [1.54, 1.807) is 37.3 Å². The maximum Gasteiger partial charge on any atom is 0.342 e. The fraction of sp³-hybridized carbons (Fsp3) is 0.211. The summed E-state index contributed by atoms with van der Waals surface area (Å²) in [5.74, 6) is -1.57. The van der Waals surface area contributed by atoms with Crippen molar-refractivity contribution in [3.63, 3.8) is 0 Å². The summed E-state index contributed by atoms with van der Waals surface area (Å²) in [7, 11) is 0. The minimum absolute atomic E-state index is 0.00365. The standard InChI is InChI=1S/C19H19NO5/c1-11-4-9-16(17(22)10-11)19(24)25-13(3)18(23)20-15-7-5-14(6-8-15)12(2)21/h4-10,13,22H,1-3H3,(H,20,23)/t13-/m0/s1. The van der Waals surface area contributed by atoms with E-state index in [1.165, 1.54) is 26.0 Å². The van der Waals surface area contributed by atoms with Gasteiger partial charge in [-0.05, 0) is 62.7 Å². The maximum absolute atomic E-state index is 12.1. The molecule has 2 aromatic carbocycles. The van der Waals surface area contributed by atoms with Crippen molar-refractivity contribution in [2.75, 3.05) is 5.32 Å². The Kier molecular flexibility index (Phi) is 5.54. The number of aromatic hydroxyl groups is 1. The molecule has 2 rings (SSSR count). The quantitative estimate of drug-likeness (QED) is 0.644. The third kappa shape index (κ3) is 4.67. The van der Waals surface area contributed by atoms with Crippen LogP contribution in [0, 0.1) is 6.92 Å². The number of hydrogen-bond donors (Lipinski definition) is 2. The van der Waals surface area contributed by atoms with Gasteiger partial charge < -0.3 is 15.2 Å². The molecule has 0 aliphatic heterocycles. The Morgan fingerprint density at radius 1 is 1.08 bits per heavy atom. The number of esters is 1. The Labute approximate surface area is 145 Å². The van der Waals surface area contributed by atoms with Crippen molar-refractivity contribution < 1.29 is 24.2 Å². The Balaban J connectivity index is 1.99. The van der Waals surface area contributed by atoms with Gasteiger partial charge in [-0.2, -0.15) is 0 Å². The molecule has 0 aliphatic carbocycles. The van der Waals surface area contributed by atoms with Crippen molar-refractivity contribution in [2.24, 2.45) is 0 Å². The minimum atomic E-state index is -1.05. The second kappa shape index (κ2) is 7.61. The number of phenolic OH excluding ortho intramolecular Hbond substituents is 1. The summed E-state index contributed by atoms with van der Waals surface area (Å²) in [6.45, 7) is 4.67. The second-order valence-corrected chi connectivity index (χ2v) is 5.69. The van der Waals surface area contributed by atoms with Gasteiger partial charge in [-0.1, -0.05) is 6.07 Å². The van der Waals surface area contributed by atoms with Gasteiger partial charge in [-0.3, -0.25) is 9.59 Å². The van der Waals surface area contributed by atoms with Gasteiger partial charge in [-0.15, -0.1) is 0 Å². The van der Waals surface area contributed by atoms with Crippen LogP contribution in [-0.4, -0.2) is 28.9 Å². The average Bonchev–Trinajstić information content (AvgIpc) is 2.55. The number of ketones is 1. The van der Waals surface area contributed by atoms with E-state index in [0.717, 1.165) is 5.56 Å². The largest absolute Gasteiger partial charge is 0.507 e. The minimum Gasteiger partial charge on any atom is -0.507 e. The number of nitrogens with one attached hydrogen (secondary N) is 1. The van der Waals surface area contributed by atoms with Crippen molar-refractivity contribution in [2.45, 2.75) is 26.9 Å². The molecule has 25 heavy (non-hydrogen) atoms. The van der Waals surface area contributed by atoms with Crippen molar-refractivity contribution >= 4 is 23.3 Å². The molecule has 6 nitrogen and oxygen atoms in total. The number of carbonyl (C=O) groups excluding carboxylic acids is 3. The summed E-state index contributed by atoms with van der Waals surface area (Å²) in [6.07, 6.45) is -1.05. The van der Waals surface area contributed by atoms with Crippen LogP contribution in [0.15, 0.2) is 42.5 Å². The number of hydrogen-bond acceptors (Lipinski definition) is 5.